The van der Waals surface area contributed by atoms with Crippen LogP contribution in [0.5, 0.6) is 0 Å². The molecular weight excluding hydrogens is 266 g/mol. The van der Waals surface area contributed by atoms with Gasteiger partial charge >= 0.3 is 0 Å². The van der Waals surface area contributed by atoms with Crippen molar-refractivity contribution in [2.45, 2.75) is 32.6 Å². The highest BCUT2D eigenvalue weighted by Crippen LogP contribution is 2.27. The van der Waals surface area contributed by atoms with Gasteiger partial charge in [-0.25, -0.2) is 4.98 Å². The molecule has 6 heteroatoms. The fraction of sp³-hybridized carbons (Fsp3) is 0.467. The molecule has 0 aliphatic carbocycles. The van der Waals surface area contributed by atoms with E-state index in [1.54, 1.807) is 19.3 Å². The Morgan fingerprint density at radius 3 is 2.95 bits per heavy atom. The van der Waals surface area contributed by atoms with Gasteiger partial charge in [0.2, 0.25) is 5.91 Å². The van der Waals surface area contributed by atoms with Gasteiger partial charge < -0.3 is 4.90 Å². The maximum Gasteiger partial charge on any atom is 0.219 e. The Bertz CT molecular complexity index is 651. The first kappa shape index (κ1) is 13.7. The minimum atomic E-state index is 0.134. The van der Waals surface area contributed by atoms with Crippen molar-refractivity contribution in [2.24, 2.45) is 0 Å². The van der Waals surface area contributed by atoms with Crippen molar-refractivity contribution in [1.82, 2.24) is 25.1 Å². The molecule has 0 radical (unpaired) electrons. The van der Waals surface area contributed by atoms with Crippen LogP contribution in [-0.4, -0.2) is 44.1 Å². The van der Waals surface area contributed by atoms with Gasteiger partial charge in [-0.3, -0.25) is 14.9 Å². The summed E-state index contributed by atoms with van der Waals surface area (Å²) in [7, 11) is 0. The molecule has 0 aromatic carbocycles. The molecule has 1 saturated heterocycles. The summed E-state index contributed by atoms with van der Waals surface area (Å²) < 4.78 is 0. The summed E-state index contributed by atoms with van der Waals surface area (Å²) in [5.74, 6) is 0.400. The number of amides is 1. The molecule has 0 spiro atoms. The first-order chi connectivity index (χ1) is 10.1. The lowest BCUT2D eigenvalue weighted by molar-refractivity contribution is -0.130. The lowest BCUT2D eigenvalue weighted by Crippen LogP contribution is -2.37. The second kappa shape index (κ2) is 5.63. The van der Waals surface area contributed by atoms with Crippen LogP contribution in [0.4, 0.5) is 0 Å². The Kier molecular flexibility index (Phi) is 3.68. The first-order valence-corrected chi connectivity index (χ1v) is 7.23. The molecule has 1 fully saturated rings. The van der Waals surface area contributed by atoms with E-state index in [0.29, 0.717) is 0 Å². The first-order valence-electron chi connectivity index (χ1n) is 7.23. The number of H-pyrrole nitrogens is 1. The smallest absolute Gasteiger partial charge is 0.219 e. The predicted molar refractivity (Wildman–Crippen MR) is 78.6 cm³/mol. The summed E-state index contributed by atoms with van der Waals surface area (Å²) in [6.45, 7) is 5.17. The molecule has 6 nitrogen and oxygen atoms in total. The normalized spacial score (nSPS) is 18.8. The predicted octanol–water partition coefficient (Wildman–Crippen LogP) is 1.90. The summed E-state index contributed by atoms with van der Waals surface area (Å²) in [6, 6.07) is 0. The number of aromatic nitrogens is 4. The number of aromatic amines is 1. The maximum absolute atomic E-state index is 11.6. The second-order valence-electron chi connectivity index (χ2n) is 5.54. The van der Waals surface area contributed by atoms with E-state index in [1.807, 2.05) is 18.0 Å². The third kappa shape index (κ3) is 2.79. The third-order valence-corrected chi connectivity index (χ3v) is 4.04. The van der Waals surface area contributed by atoms with Crippen LogP contribution in [0.25, 0.3) is 11.3 Å². The standard InChI is InChI=1S/C15H19N5O/c1-10-13(6-17-19-10)15-8-16-7-14(18-15)12-4-3-5-20(9-12)11(2)21/h6-8,12H,3-5,9H2,1-2H3,(H,17,19)/t12-/m1/s1. The molecule has 2 aromatic rings. The molecule has 0 saturated carbocycles. The zero-order valence-corrected chi connectivity index (χ0v) is 12.3. The van der Waals surface area contributed by atoms with Gasteiger partial charge in [-0.1, -0.05) is 0 Å². The summed E-state index contributed by atoms with van der Waals surface area (Å²) in [6.07, 6.45) is 7.40. The van der Waals surface area contributed by atoms with Crippen LogP contribution in [0.2, 0.25) is 0 Å². The van der Waals surface area contributed by atoms with E-state index in [0.717, 1.165) is 48.6 Å². The van der Waals surface area contributed by atoms with Gasteiger partial charge in [0.05, 0.1) is 23.8 Å². The number of aryl methyl sites for hydroxylation is 1. The number of nitrogens with one attached hydrogen (secondary N) is 1. The summed E-state index contributed by atoms with van der Waals surface area (Å²) in [5.41, 5.74) is 3.75. The van der Waals surface area contributed by atoms with E-state index in [9.17, 15) is 4.79 Å². The summed E-state index contributed by atoms with van der Waals surface area (Å²) in [4.78, 5) is 22.5. The van der Waals surface area contributed by atoms with Crippen molar-refractivity contribution >= 4 is 5.91 Å². The Morgan fingerprint density at radius 2 is 2.24 bits per heavy atom. The molecule has 3 rings (SSSR count). The Labute approximate surface area is 123 Å². The molecule has 0 bridgehead atoms. The fourth-order valence-corrected chi connectivity index (χ4v) is 2.82. The molecule has 110 valence electrons. The van der Waals surface area contributed by atoms with Crippen LogP contribution in [0.1, 0.15) is 37.1 Å². The highest BCUT2D eigenvalue weighted by Gasteiger charge is 2.24. The van der Waals surface area contributed by atoms with Crippen molar-refractivity contribution in [1.29, 1.82) is 0 Å². The van der Waals surface area contributed by atoms with Gasteiger partial charge in [0.1, 0.15) is 0 Å². The van der Waals surface area contributed by atoms with Crippen LogP contribution >= 0.6 is 0 Å². The van der Waals surface area contributed by atoms with Crippen molar-refractivity contribution in [3.63, 3.8) is 0 Å². The zero-order valence-electron chi connectivity index (χ0n) is 12.3. The highest BCUT2D eigenvalue weighted by molar-refractivity contribution is 5.73. The van der Waals surface area contributed by atoms with Gasteiger partial charge in [-0.2, -0.15) is 5.10 Å². The van der Waals surface area contributed by atoms with Crippen LogP contribution < -0.4 is 0 Å². The lowest BCUT2D eigenvalue weighted by Gasteiger charge is -2.31. The van der Waals surface area contributed by atoms with Gasteiger partial charge in [-0.05, 0) is 19.8 Å². The number of likely N-dealkylation sites (tertiary alicyclic amines) is 1. The number of piperidine rings is 1. The number of carbonyl (C=O) groups is 1. The molecule has 3 heterocycles. The molecule has 0 unspecified atom stereocenters. The van der Waals surface area contributed by atoms with Crippen molar-refractivity contribution in [3.8, 4) is 11.3 Å². The largest absolute Gasteiger partial charge is 0.342 e. The number of hydrogen-bond donors (Lipinski definition) is 1. The van der Waals surface area contributed by atoms with E-state index in [2.05, 4.69) is 15.2 Å². The average molecular weight is 285 g/mol. The van der Waals surface area contributed by atoms with E-state index in [4.69, 9.17) is 4.98 Å². The fourth-order valence-electron chi connectivity index (χ4n) is 2.82. The van der Waals surface area contributed by atoms with Gasteiger partial charge in [0, 0.05) is 43.4 Å². The Morgan fingerprint density at radius 1 is 1.38 bits per heavy atom. The minimum Gasteiger partial charge on any atom is -0.342 e. The summed E-state index contributed by atoms with van der Waals surface area (Å²) in [5, 5.41) is 6.95. The second-order valence-corrected chi connectivity index (χ2v) is 5.54. The quantitative estimate of drug-likeness (QED) is 0.914. The molecule has 2 aromatic heterocycles. The molecule has 1 atom stereocenters. The van der Waals surface area contributed by atoms with Crippen molar-refractivity contribution in [3.05, 3.63) is 30.0 Å². The van der Waals surface area contributed by atoms with E-state index < -0.39 is 0 Å². The number of nitrogens with zero attached hydrogens (tertiary/aromatic N) is 4. The van der Waals surface area contributed by atoms with Gasteiger partial charge in [-0.15, -0.1) is 0 Å². The zero-order chi connectivity index (χ0) is 14.8. The van der Waals surface area contributed by atoms with E-state index >= 15 is 0 Å². The lowest BCUT2D eigenvalue weighted by atomic mass is 9.95. The Balaban J connectivity index is 1.86. The van der Waals surface area contributed by atoms with Gasteiger partial charge in [0.25, 0.3) is 0 Å². The number of hydrogen-bond acceptors (Lipinski definition) is 4. The Hall–Kier alpha value is -2.24. The van der Waals surface area contributed by atoms with Crippen LogP contribution in [0, 0.1) is 6.92 Å². The average Bonchev–Trinajstić information content (AvgIpc) is 2.94. The molecule has 1 amide bonds. The van der Waals surface area contributed by atoms with Crippen molar-refractivity contribution < 1.29 is 4.79 Å². The minimum absolute atomic E-state index is 0.134. The topological polar surface area (TPSA) is 74.8 Å². The molecular formula is C15H19N5O. The van der Waals surface area contributed by atoms with E-state index in [-0.39, 0.29) is 11.8 Å². The summed E-state index contributed by atoms with van der Waals surface area (Å²) >= 11 is 0. The van der Waals surface area contributed by atoms with Crippen LogP contribution in [0.3, 0.4) is 0 Å². The molecule has 1 N–H and O–H groups in total. The third-order valence-electron chi connectivity index (χ3n) is 4.04. The van der Waals surface area contributed by atoms with E-state index in [1.165, 1.54) is 0 Å². The monoisotopic (exact) mass is 285 g/mol. The highest BCUT2D eigenvalue weighted by atomic mass is 16.2. The maximum atomic E-state index is 11.6. The van der Waals surface area contributed by atoms with Gasteiger partial charge in [0.15, 0.2) is 0 Å². The molecule has 1 aliphatic heterocycles. The molecule has 1 aliphatic rings. The SMILES string of the molecule is CC(=O)N1CCC[C@@H](c2cncc(-c3cn[nH]c3C)n2)C1. The number of rotatable bonds is 2. The van der Waals surface area contributed by atoms with Crippen molar-refractivity contribution in [2.75, 3.05) is 13.1 Å². The molecule has 21 heavy (non-hydrogen) atoms. The van der Waals surface area contributed by atoms with Crippen LogP contribution in [-0.2, 0) is 4.79 Å². The van der Waals surface area contributed by atoms with Crippen LogP contribution in [0.15, 0.2) is 18.6 Å². The number of carbonyl (C=O) groups excluding carboxylic acids is 1.